The zero-order valence-electron chi connectivity index (χ0n) is 79.9. The van der Waals surface area contributed by atoms with Crippen molar-refractivity contribution in [2.24, 2.45) is 23.5 Å². The first-order valence-corrected chi connectivity index (χ1v) is 49.8. The molecular formula is C88H143N15O34S3. The molecule has 49 nitrogen and oxygen atoms in total. The number of likely N-dealkylation sites (tertiary alicyclic amines) is 1. The third kappa shape index (κ3) is 46.6. The van der Waals surface area contributed by atoms with E-state index in [0.717, 1.165) is 58.6 Å². The molecule has 1 aliphatic heterocycles. The van der Waals surface area contributed by atoms with Gasteiger partial charge >= 0.3 is 35.9 Å². The van der Waals surface area contributed by atoms with Crippen LogP contribution in [-0.2, 0) is 92.5 Å². The lowest BCUT2D eigenvalue weighted by atomic mass is 9.92. The molecule has 0 saturated carbocycles. The van der Waals surface area contributed by atoms with Gasteiger partial charge in [0, 0.05) is 99.8 Å². The lowest BCUT2D eigenvalue weighted by Crippen LogP contribution is -2.59. The highest BCUT2D eigenvalue weighted by Gasteiger charge is 2.42. The van der Waals surface area contributed by atoms with Crippen molar-refractivity contribution in [2.45, 2.75) is 305 Å². The number of phenolic OH excluding ortho intramolecular Hbond substituents is 1. The molecule has 1 aromatic carbocycles. The Balaban J connectivity index is 1.88. The molecule has 1 fully saturated rings. The second kappa shape index (κ2) is 66.4. The number of aromatic nitrogens is 1. The van der Waals surface area contributed by atoms with Crippen LogP contribution < -0.4 is 64.4 Å². The molecule has 0 bridgehead atoms. The van der Waals surface area contributed by atoms with Gasteiger partial charge in [0.15, 0.2) is 12.8 Å². The van der Waals surface area contributed by atoms with Crippen molar-refractivity contribution in [1.82, 2.24) is 73.5 Å². The molecule has 2 aromatic rings. The van der Waals surface area contributed by atoms with Crippen molar-refractivity contribution >= 4 is 134 Å². The van der Waals surface area contributed by atoms with Crippen LogP contribution in [0.4, 0.5) is 4.79 Å². The largest absolute Gasteiger partial charge is 0.508 e. The smallest absolute Gasteiger partial charge is 0.426 e. The first kappa shape index (κ1) is 124. The third-order valence-corrected chi connectivity index (χ3v) is 26.1. The van der Waals surface area contributed by atoms with E-state index in [1.54, 1.807) is 19.1 Å². The zero-order chi connectivity index (χ0) is 105. The third-order valence-electron chi connectivity index (χ3n) is 22.8. The summed E-state index contributed by atoms with van der Waals surface area (Å²) in [6, 6.07) is -6.92. The number of carbonyl (C=O) groups is 17. The number of nitrogens with zero attached hydrogens (tertiary/aromatic N) is 3. The number of nitrogens with one attached hydrogen (secondary N) is 11. The number of hydrogen-bond acceptors (Lipinski definition) is 37. The molecule has 20 atom stereocenters. The summed E-state index contributed by atoms with van der Waals surface area (Å²) in [7, 11) is 3.54. The summed E-state index contributed by atoms with van der Waals surface area (Å²) < 4.78 is 16.8. The Labute approximate surface area is 822 Å². The van der Waals surface area contributed by atoms with Gasteiger partial charge in [-0.25, -0.2) is 20.0 Å². The fourth-order valence-electron chi connectivity index (χ4n) is 14.3. The topological polar surface area (TPSA) is 779 Å². The van der Waals surface area contributed by atoms with Crippen molar-refractivity contribution in [3.05, 3.63) is 45.9 Å². The normalized spacial score (nSPS) is 16.8. The fraction of sp³-hybridized carbons (Fsp3) is 0.705. The number of esters is 2. The number of carboxylic acid groups (broad SMARTS) is 3. The van der Waals surface area contributed by atoms with E-state index in [-0.39, 0.29) is 66.1 Å². The number of unbranched alkanes of at least 4 members (excludes halogenated alkanes) is 4. The van der Waals surface area contributed by atoms with Crippen LogP contribution in [0.25, 0.3) is 0 Å². The number of phenols is 1. The number of thiazole rings is 1. The molecule has 1 aliphatic rings. The van der Waals surface area contributed by atoms with E-state index in [1.165, 1.54) is 36.3 Å². The molecule has 52 heteroatoms. The summed E-state index contributed by atoms with van der Waals surface area (Å²) in [6.07, 6.45) is -19.1. The summed E-state index contributed by atoms with van der Waals surface area (Å²) >= 11 is 0.974. The number of aliphatic carboxylic acids is 3. The van der Waals surface area contributed by atoms with Crippen molar-refractivity contribution in [2.75, 3.05) is 71.3 Å². The minimum atomic E-state index is -2.17. The number of carbonyl (C=O) groups excluding carboxylic acids is 14. The predicted molar refractivity (Wildman–Crippen MR) is 503 cm³/mol. The highest BCUT2D eigenvalue weighted by atomic mass is 33.1. The van der Waals surface area contributed by atoms with Crippen LogP contribution in [0.2, 0.25) is 0 Å². The first-order valence-electron chi connectivity index (χ1n) is 46.4. The molecule has 27 N–H and O–H groups in total. The predicted octanol–water partition coefficient (Wildman–Crippen LogP) is -3.28. The van der Waals surface area contributed by atoms with E-state index in [9.17, 15) is 148 Å². The Morgan fingerprint density at radius 1 is 0.586 bits per heavy atom. The number of ether oxygens (including phenoxy) is 3. The maximum Gasteiger partial charge on any atom is 0.426 e. The van der Waals surface area contributed by atoms with Crippen LogP contribution in [-0.4, -0.2) is 362 Å². The van der Waals surface area contributed by atoms with Gasteiger partial charge in [0.25, 0.3) is 5.91 Å². The van der Waals surface area contributed by atoms with E-state index in [0.29, 0.717) is 57.2 Å². The highest BCUT2D eigenvalue weighted by molar-refractivity contribution is 8.76. The molecule has 792 valence electrons. The Kier molecular flexibility index (Phi) is 58.8. The molecule has 12 amide bonds. The Morgan fingerprint density at radius 3 is 1.59 bits per heavy atom. The second-order valence-electron chi connectivity index (χ2n) is 34.5. The van der Waals surface area contributed by atoms with E-state index >= 15 is 4.79 Å². The van der Waals surface area contributed by atoms with E-state index in [4.69, 9.17) is 19.9 Å². The molecule has 0 aliphatic carbocycles. The summed E-state index contributed by atoms with van der Waals surface area (Å²) in [5, 5.41) is 163. The average molecular weight is 2050 g/mol. The van der Waals surface area contributed by atoms with Crippen molar-refractivity contribution in [3.8, 4) is 5.75 Å². The van der Waals surface area contributed by atoms with Crippen LogP contribution >= 0.6 is 32.9 Å². The summed E-state index contributed by atoms with van der Waals surface area (Å²) in [5.41, 5.74) is 10.4. The lowest BCUT2D eigenvalue weighted by Gasteiger charge is -2.39. The number of aliphatic hydroxyl groups excluding tert-OH is 10. The second-order valence-corrected chi connectivity index (χ2v) is 38.0. The minimum absolute atomic E-state index is 0.0535. The maximum absolute atomic E-state index is 15.1. The lowest BCUT2D eigenvalue weighted by molar-refractivity contribution is -0.160. The summed E-state index contributed by atoms with van der Waals surface area (Å²) in [5.74, 6) is -19.1. The van der Waals surface area contributed by atoms with Gasteiger partial charge in [-0.2, -0.15) is 0 Å². The number of piperidine rings is 1. The van der Waals surface area contributed by atoms with Crippen LogP contribution in [0.15, 0.2) is 29.6 Å². The molecular weight excluding hydrogens is 1910 g/mol. The Bertz CT molecular complexity index is 4260. The number of rotatable bonds is 69. The van der Waals surface area contributed by atoms with Crippen molar-refractivity contribution < 1.29 is 167 Å². The standard InChI is InChI=1S/C88H143N15O34S3/c1-9-18-72(119)136-46-103(86(131)73(48(5)10-2)99-84(130)60-19-15-17-34-102(60)8)61(47(3)4)39-66(137-50(7)106)85-98-58(44-138-85)83(129)92-52(38-51-21-23-53(107)24-22-51)37-49(6)78(124)100-101-88(134)135-35-36-139-140-45-59(87(132)133)97-82(128)56(26-30-68(113)91-41-63(109)75(121)77(123)65(111)43-105)95-81(127)57(28-32-71(117)118)96-80(126)55(25-29-67(112)90-40-62(108)74(120)76(122)64(110)42-104)94-79(125)54(27-31-70(115)116)93-69(114)20-14-12-11-13-16-33-89/h21-24,44,47-49,52,54-57,59-66,73-77,104-105,107-111,120-123H,9-20,25-43,45-46,89H2,1-8H3,(H,90,112)(H,91,113)(H,92,129)(H,93,114)(H,94,125)(H,95,127)(H,96,126)(H,97,128)(H,99,130)(H,100,124)(H,101,134)(H,115,116)(H,117,118)(H,132,133)/t48?,49-,52+,54+,55+,56+,57+,59-,60?,61+,62-,63-,64+,65+,66+,73-,74+,75+,76+,77+/m0/s1. The van der Waals surface area contributed by atoms with Gasteiger partial charge in [0.1, 0.15) is 95.9 Å². The van der Waals surface area contributed by atoms with Gasteiger partial charge in [-0.05, 0) is 120 Å². The Morgan fingerprint density at radius 2 is 1.10 bits per heavy atom. The van der Waals surface area contributed by atoms with Crippen molar-refractivity contribution in [3.63, 3.8) is 0 Å². The number of amides is 12. The molecule has 2 heterocycles. The van der Waals surface area contributed by atoms with Gasteiger partial charge in [0.2, 0.25) is 59.1 Å². The number of aliphatic hydroxyl groups is 10. The number of hydrazine groups is 1. The number of likely N-dealkylation sites (N-methyl/N-ethyl adjacent to an activating group) is 1. The zero-order valence-corrected chi connectivity index (χ0v) is 82.4. The summed E-state index contributed by atoms with van der Waals surface area (Å²) in [6.45, 7) is 8.19. The monoisotopic (exact) mass is 2050 g/mol. The van der Waals surface area contributed by atoms with Gasteiger partial charge in [-0.3, -0.25) is 82.2 Å². The SMILES string of the molecule is CCCC(=O)OCN(C(=O)[C@@H](NC(=O)C1CCCCN1C)C(C)CC)[C@H](C[C@@H](OC(C)=O)c1nc(C(=O)N[C@@H](Cc2ccc(O)cc2)C[C@H](C)C(=O)NNC(=O)OCCSSC[C@H](NC(=O)[C@@H](CCC(=O)NC[C@H](O)[C@@H](O)[C@H](O)[C@H](O)CO)NC(=O)[C@@H](CCC(=O)O)NC(=O)[C@@H](CCC(=O)NC[C@H](O)[C@@H](O)[C@H](O)[C@H](O)CO)NC(=O)[C@@H](CCC(=O)O)NC(=O)CCCCCCCN)C(=O)O)cs1)C(C)C. The fourth-order valence-corrected chi connectivity index (χ4v) is 17.1. The summed E-state index contributed by atoms with van der Waals surface area (Å²) in [4.78, 5) is 238. The van der Waals surface area contributed by atoms with Crippen molar-refractivity contribution in [1.29, 1.82) is 0 Å². The van der Waals surface area contributed by atoms with Crippen LogP contribution in [0.1, 0.15) is 217 Å². The molecule has 0 spiro atoms. The Hall–Kier alpha value is -10.3. The average Bonchev–Trinajstić information content (AvgIpc) is 0.997. The van der Waals surface area contributed by atoms with Gasteiger partial charge in [-0.1, -0.05) is 107 Å². The molecule has 1 saturated heterocycles. The van der Waals surface area contributed by atoms with E-state index in [1.807, 2.05) is 39.6 Å². The molecule has 3 rings (SSSR count). The molecule has 0 radical (unpaired) electrons. The number of hydrogen-bond donors (Lipinski definition) is 26. The van der Waals surface area contributed by atoms with E-state index in [2.05, 4.69) is 63.7 Å². The number of benzene rings is 1. The highest BCUT2D eigenvalue weighted by Crippen LogP contribution is 2.33. The number of aromatic hydroxyl groups is 1. The molecule has 2 unspecified atom stereocenters. The van der Waals surface area contributed by atoms with E-state index < -0.39 is 313 Å². The van der Waals surface area contributed by atoms with Crippen LogP contribution in [0, 0.1) is 17.8 Å². The van der Waals surface area contributed by atoms with Crippen LogP contribution in [0.5, 0.6) is 5.75 Å². The molecule has 140 heavy (non-hydrogen) atoms. The number of nitrogens with two attached hydrogens (primary N) is 1. The minimum Gasteiger partial charge on any atom is -0.508 e. The number of carboxylic acids is 3. The van der Waals surface area contributed by atoms with Gasteiger partial charge in [-0.15, -0.1) is 11.3 Å². The molecule has 1 aromatic heterocycles. The van der Waals surface area contributed by atoms with Gasteiger partial charge in [0.05, 0.1) is 31.5 Å². The van der Waals surface area contributed by atoms with Crippen LogP contribution in [0.3, 0.4) is 0 Å². The quantitative estimate of drug-likeness (QED) is 0.00771. The maximum atomic E-state index is 15.1. The first-order chi connectivity index (χ1) is 66.2. The van der Waals surface area contributed by atoms with Gasteiger partial charge < -0.3 is 144 Å².